The van der Waals surface area contributed by atoms with E-state index in [1.807, 2.05) is 39.0 Å². The third-order valence-electron chi connectivity index (χ3n) is 4.02. The molecular weight excluding hydrogens is 340 g/mol. The van der Waals surface area contributed by atoms with Crippen molar-refractivity contribution >= 4 is 17.5 Å². The van der Waals surface area contributed by atoms with Gasteiger partial charge in [0.05, 0.1) is 11.3 Å². The lowest BCUT2D eigenvalue weighted by molar-refractivity contribution is -0.118. The Labute approximate surface area is 161 Å². The maximum Gasteiger partial charge on any atom is 0.262 e. The van der Waals surface area contributed by atoms with Gasteiger partial charge in [-0.1, -0.05) is 38.1 Å². The van der Waals surface area contributed by atoms with Crippen LogP contribution in [0.25, 0.3) is 0 Å². The Morgan fingerprint density at radius 2 is 1.74 bits per heavy atom. The van der Waals surface area contributed by atoms with E-state index in [4.69, 9.17) is 4.74 Å². The zero-order chi connectivity index (χ0) is 20.0. The topological polar surface area (TPSA) is 67.4 Å². The molecule has 0 aliphatic carbocycles. The number of amides is 2. The van der Waals surface area contributed by atoms with Crippen LogP contribution in [0.15, 0.2) is 42.5 Å². The maximum absolute atomic E-state index is 12.4. The van der Waals surface area contributed by atoms with Crippen molar-refractivity contribution in [2.45, 2.75) is 46.6 Å². The third-order valence-corrected chi connectivity index (χ3v) is 4.02. The molecule has 0 aromatic heterocycles. The molecule has 0 aliphatic rings. The van der Waals surface area contributed by atoms with Gasteiger partial charge in [-0.2, -0.15) is 0 Å². The molecule has 27 heavy (non-hydrogen) atoms. The van der Waals surface area contributed by atoms with Gasteiger partial charge in [-0.15, -0.1) is 0 Å². The second-order valence-electron chi connectivity index (χ2n) is 7.21. The molecule has 0 bridgehead atoms. The second kappa shape index (κ2) is 9.21. The molecule has 0 unspecified atom stereocenters. The van der Waals surface area contributed by atoms with E-state index in [1.54, 1.807) is 24.3 Å². The highest BCUT2D eigenvalue weighted by molar-refractivity contribution is 6.04. The van der Waals surface area contributed by atoms with Crippen LogP contribution in [0.5, 0.6) is 5.75 Å². The minimum absolute atomic E-state index is 0.0142. The monoisotopic (exact) mass is 368 g/mol. The molecule has 2 aromatic carbocycles. The van der Waals surface area contributed by atoms with Gasteiger partial charge < -0.3 is 15.4 Å². The zero-order valence-electron chi connectivity index (χ0n) is 16.6. The highest BCUT2D eigenvalue weighted by Crippen LogP contribution is 2.27. The Balaban J connectivity index is 2.07. The molecular formula is C22H28N2O3. The Kier molecular flexibility index (Phi) is 6.99. The van der Waals surface area contributed by atoms with Gasteiger partial charge in [-0.25, -0.2) is 0 Å². The molecule has 5 heteroatoms. The first-order valence-corrected chi connectivity index (χ1v) is 9.21. The predicted octanol–water partition coefficient (Wildman–Crippen LogP) is 4.27. The van der Waals surface area contributed by atoms with Gasteiger partial charge >= 0.3 is 0 Å². The first-order valence-electron chi connectivity index (χ1n) is 9.21. The van der Waals surface area contributed by atoms with Crippen molar-refractivity contribution in [3.8, 4) is 5.75 Å². The first kappa shape index (κ1) is 20.5. The SMILES string of the molecule is Cc1ccc(C(C)C)c(OCC(=O)Nc2ccccc2C(=O)NC(C)C)c1. The summed E-state index contributed by atoms with van der Waals surface area (Å²) in [6, 6.07) is 13.0. The minimum atomic E-state index is -0.309. The lowest BCUT2D eigenvalue weighted by Crippen LogP contribution is -2.31. The van der Waals surface area contributed by atoms with Crippen LogP contribution < -0.4 is 15.4 Å². The average Bonchev–Trinajstić information content (AvgIpc) is 2.59. The molecule has 0 fully saturated rings. The summed E-state index contributed by atoms with van der Waals surface area (Å²) < 4.78 is 5.77. The van der Waals surface area contributed by atoms with E-state index in [0.717, 1.165) is 11.1 Å². The molecule has 0 radical (unpaired) electrons. The highest BCUT2D eigenvalue weighted by atomic mass is 16.5. The number of carbonyl (C=O) groups excluding carboxylic acids is 2. The summed E-state index contributed by atoms with van der Waals surface area (Å²) in [7, 11) is 0. The zero-order valence-corrected chi connectivity index (χ0v) is 16.6. The molecule has 2 N–H and O–H groups in total. The molecule has 0 saturated carbocycles. The Hall–Kier alpha value is -2.82. The molecule has 0 saturated heterocycles. The Morgan fingerprint density at radius 1 is 1.04 bits per heavy atom. The van der Waals surface area contributed by atoms with Gasteiger partial charge in [-0.05, 0) is 56.0 Å². The van der Waals surface area contributed by atoms with E-state index >= 15 is 0 Å². The van der Waals surface area contributed by atoms with E-state index in [-0.39, 0.29) is 24.5 Å². The maximum atomic E-state index is 12.4. The summed E-state index contributed by atoms with van der Waals surface area (Å²) in [5.74, 6) is 0.480. The van der Waals surface area contributed by atoms with Crippen LogP contribution in [0.2, 0.25) is 0 Å². The van der Waals surface area contributed by atoms with Crippen LogP contribution in [-0.2, 0) is 4.79 Å². The van der Waals surface area contributed by atoms with Gasteiger partial charge in [0.25, 0.3) is 11.8 Å². The number of hydrogen-bond acceptors (Lipinski definition) is 3. The van der Waals surface area contributed by atoms with Crippen LogP contribution in [-0.4, -0.2) is 24.5 Å². The van der Waals surface area contributed by atoms with Gasteiger partial charge in [0, 0.05) is 6.04 Å². The third kappa shape index (κ3) is 5.84. The molecule has 0 aliphatic heterocycles. The lowest BCUT2D eigenvalue weighted by Gasteiger charge is -2.16. The molecule has 2 rings (SSSR count). The van der Waals surface area contributed by atoms with Crippen molar-refractivity contribution < 1.29 is 14.3 Å². The fraction of sp³-hybridized carbons (Fsp3) is 0.364. The van der Waals surface area contributed by atoms with Crippen LogP contribution in [0.4, 0.5) is 5.69 Å². The summed E-state index contributed by atoms with van der Waals surface area (Å²) in [6.45, 7) is 9.81. The number of anilines is 1. The number of ether oxygens (including phenoxy) is 1. The standard InChI is InChI=1S/C22H28N2O3/c1-14(2)17-11-10-16(5)12-20(17)27-13-21(25)24-19-9-7-6-8-18(19)22(26)23-15(3)4/h6-12,14-15H,13H2,1-5H3,(H,23,26)(H,24,25). The minimum Gasteiger partial charge on any atom is -0.483 e. The van der Waals surface area contributed by atoms with Crippen LogP contribution in [0.3, 0.4) is 0 Å². The van der Waals surface area contributed by atoms with Gasteiger partial charge in [-0.3, -0.25) is 9.59 Å². The van der Waals surface area contributed by atoms with Crippen LogP contribution in [0.1, 0.15) is 55.1 Å². The van der Waals surface area contributed by atoms with Gasteiger partial charge in [0.1, 0.15) is 5.75 Å². The summed E-state index contributed by atoms with van der Waals surface area (Å²) >= 11 is 0. The first-order chi connectivity index (χ1) is 12.8. The number of hydrogen-bond donors (Lipinski definition) is 2. The van der Waals surface area contributed by atoms with Crippen molar-refractivity contribution in [3.05, 3.63) is 59.2 Å². The number of para-hydroxylation sites is 1. The van der Waals surface area contributed by atoms with Gasteiger partial charge in [0.2, 0.25) is 0 Å². The summed E-state index contributed by atoms with van der Waals surface area (Å²) in [6.07, 6.45) is 0. The summed E-state index contributed by atoms with van der Waals surface area (Å²) in [5, 5.41) is 5.61. The molecule has 0 atom stereocenters. The molecule has 2 amide bonds. The van der Waals surface area contributed by atoms with Crippen LogP contribution in [0, 0.1) is 6.92 Å². The van der Waals surface area contributed by atoms with Crippen molar-refractivity contribution in [1.29, 1.82) is 0 Å². The fourth-order valence-electron chi connectivity index (χ4n) is 2.70. The molecule has 144 valence electrons. The van der Waals surface area contributed by atoms with E-state index in [2.05, 4.69) is 24.5 Å². The van der Waals surface area contributed by atoms with E-state index in [9.17, 15) is 9.59 Å². The number of rotatable bonds is 7. The molecule has 5 nitrogen and oxygen atoms in total. The Bertz CT molecular complexity index is 813. The van der Waals surface area contributed by atoms with Crippen molar-refractivity contribution in [2.75, 3.05) is 11.9 Å². The Morgan fingerprint density at radius 3 is 2.41 bits per heavy atom. The predicted molar refractivity (Wildman–Crippen MR) is 108 cm³/mol. The number of carbonyl (C=O) groups is 2. The van der Waals surface area contributed by atoms with Crippen molar-refractivity contribution in [2.24, 2.45) is 0 Å². The number of aryl methyl sites for hydroxylation is 1. The largest absolute Gasteiger partial charge is 0.483 e. The number of benzene rings is 2. The van der Waals surface area contributed by atoms with Crippen LogP contribution >= 0.6 is 0 Å². The molecule has 2 aromatic rings. The summed E-state index contributed by atoms with van der Waals surface area (Å²) in [5.41, 5.74) is 3.03. The van der Waals surface area contributed by atoms with E-state index < -0.39 is 0 Å². The average molecular weight is 368 g/mol. The van der Waals surface area contributed by atoms with E-state index in [0.29, 0.717) is 22.9 Å². The molecule has 0 spiro atoms. The highest BCUT2D eigenvalue weighted by Gasteiger charge is 2.15. The van der Waals surface area contributed by atoms with Crippen molar-refractivity contribution in [1.82, 2.24) is 5.32 Å². The quantitative estimate of drug-likeness (QED) is 0.767. The lowest BCUT2D eigenvalue weighted by atomic mass is 10.0. The normalized spacial score (nSPS) is 10.8. The smallest absolute Gasteiger partial charge is 0.262 e. The van der Waals surface area contributed by atoms with Crippen molar-refractivity contribution in [3.63, 3.8) is 0 Å². The van der Waals surface area contributed by atoms with E-state index in [1.165, 1.54) is 0 Å². The molecule has 0 heterocycles. The van der Waals surface area contributed by atoms with Gasteiger partial charge in [0.15, 0.2) is 6.61 Å². The second-order valence-corrected chi connectivity index (χ2v) is 7.21. The fourth-order valence-corrected chi connectivity index (χ4v) is 2.70. The summed E-state index contributed by atoms with van der Waals surface area (Å²) in [4.78, 5) is 24.7. The number of nitrogens with one attached hydrogen (secondary N) is 2.